The van der Waals surface area contributed by atoms with Crippen molar-refractivity contribution in [2.75, 3.05) is 42.0 Å². The zero-order valence-corrected chi connectivity index (χ0v) is 22.8. The smallest absolute Gasteiger partial charge is 0.272 e. The fourth-order valence-electron chi connectivity index (χ4n) is 4.08. The molecule has 0 spiro atoms. The Bertz CT molecular complexity index is 1420. The van der Waals surface area contributed by atoms with E-state index < -0.39 is 0 Å². The van der Waals surface area contributed by atoms with Crippen LogP contribution in [0.3, 0.4) is 0 Å². The summed E-state index contributed by atoms with van der Waals surface area (Å²) in [5.41, 5.74) is 3.48. The fraction of sp³-hybridized carbons (Fsp3) is 0.241. The zero-order valence-electron chi connectivity index (χ0n) is 22.0. The molecule has 0 N–H and O–H groups in total. The van der Waals surface area contributed by atoms with E-state index in [0.717, 1.165) is 11.1 Å². The first-order valence-corrected chi connectivity index (χ1v) is 12.3. The topological polar surface area (TPSA) is 75.0 Å². The Morgan fingerprint density at radius 2 is 1.55 bits per heavy atom. The molecule has 1 heterocycles. The highest BCUT2D eigenvalue weighted by molar-refractivity contribution is 6.30. The summed E-state index contributed by atoms with van der Waals surface area (Å²) in [4.78, 5) is 15.4. The Hall–Kier alpha value is -4.17. The van der Waals surface area contributed by atoms with Gasteiger partial charge in [0.1, 0.15) is 17.2 Å². The highest BCUT2D eigenvalue weighted by Crippen LogP contribution is 2.34. The lowest BCUT2D eigenvalue weighted by molar-refractivity contribution is 0.0787. The average molecular weight is 536 g/mol. The highest BCUT2D eigenvalue weighted by atomic mass is 35.5. The monoisotopic (exact) mass is 535 g/mol. The van der Waals surface area contributed by atoms with Crippen molar-refractivity contribution in [1.29, 1.82) is 0 Å². The number of methoxy groups -OCH3 is 4. The molecule has 0 fully saturated rings. The van der Waals surface area contributed by atoms with E-state index in [9.17, 15) is 4.79 Å². The van der Waals surface area contributed by atoms with Gasteiger partial charge >= 0.3 is 0 Å². The van der Waals surface area contributed by atoms with Crippen molar-refractivity contribution < 1.29 is 23.7 Å². The van der Waals surface area contributed by atoms with Crippen LogP contribution in [0.25, 0.3) is 16.9 Å². The lowest BCUT2D eigenvalue weighted by Crippen LogP contribution is -2.30. The summed E-state index contributed by atoms with van der Waals surface area (Å²) in [6.45, 7) is 0.487. The van der Waals surface area contributed by atoms with Gasteiger partial charge in [0, 0.05) is 30.2 Å². The van der Waals surface area contributed by atoms with E-state index in [1.165, 1.54) is 0 Å². The number of nitrogens with zero attached hydrogens (tertiary/aromatic N) is 3. The molecule has 0 saturated carbocycles. The fourth-order valence-corrected chi connectivity index (χ4v) is 4.21. The first-order chi connectivity index (χ1) is 18.4. The maximum Gasteiger partial charge on any atom is 0.272 e. The first kappa shape index (κ1) is 26.9. The summed E-state index contributed by atoms with van der Waals surface area (Å²) in [6, 6.07) is 20.2. The molecule has 8 nitrogen and oxygen atoms in total. The predicted molar refractivity (Wildman–Crippen MR) is 147 cm³/mol. The standard InChI is InChI=1S/C29H30ClN3O5/c1-32(15-14-19-6-13-26(36-3)28(16-19)38-5)29(34)25-18-24(23-12-11-22(35-2)17-27(23)37-4)31-33(25)21-9-7-20(30)8-10-21/h6-13,16-18H,14-15H2,1-5H3. The molecule has 4 aromatic rings. The lowest BCUT2D eigenvalue weighted by atomic mass is 10.1. The number of amides is 1. The van der Waals surface area contributed by atoms with Gasteiger partial charge in [-0.3, -0.25) is 4.79 Å². The van der Waals surface area contributed by atoms with Crippen molar-refractivity contribution in [1.82, 2.24) is 14.7 Å². The molecule has 0 saturated heterocycles. The molecular formula is C29H30ClN3O5. The van der Waals surface area contributed by atoms with Crippen molar-refractivity contribution >= 4 is 17.5 Å². The highest BCUT2D eigenvalue weighted by Gasteiger charge is 2.22. The molecule has 1 amide bonds. The number of carbonyl (C=O) groups is 1. The van der Waals surface area contributed by atoms with Crippen molar-refractivity contribution in [3.63, 3.8) is 0 Å². The number of halogens is 1. The second-order valence-electron chi connectivity index (χ2n) is 8.54. The van der Waals surface area contributed by atoms with Crippen LogP contribution in [0.15, 0.2) is 66.7 Å². The van der Waals surface area contributed by atoms with Gasteiger partial charge < -0.3 is 23.8 Å². The van der Waals surface area contributed by atoms with Gasteiger partial charge in [-0.05, 0) is 66.6 Å². The molecule has 0 aliphatic heterocycles. The van der Waals surface area contributed by atoms with Crippen LogP contribution in [0, 0.1) is 0 Å². The second-order valence-corrected chi connectivity index (χ2v) is 8.97. The third-order valence-electron chi connectivity index (χ3n) is 6.21. The van der Waals surface area contributed by atoms with Crippen LogP contribution >= 0.6 is 11.6 Å². The molecule has 38 heavy (non-hydrogen) atoms. The van der Waals surface area contributed by atoms with Crippen molar-refractivity contribution in [2.24, 2.45) is 0 Å². The minimum Gasteiger partial charge on any atom is -0.497 e. The largest absolute Gasteiger partial charge is 0.497 e. The normalized spacial score (nSPS) is 10.7. The Kier molecular flexibility index (Phi) is 8.43. The van der Waals surface area contributed by atoms with Gasteiger partial charge in [-0.15, -0.1) is 0 Å². The maximum atomic E-state index is 13.7. The van der Waals surface area contributed by atoms with E-state index in [0.29, 0.717) is 58.1 Å². The molecule has 1 aromatic heterocycles. The molecule has 9 heteroatoms. The number of rotatable bonds is 10. The van der Waals surface area contributed by atoms with Crippen LogP contribution < -0.4 is 18.9 Å². The number of likely N-dealkylation sites (N-methyl/N-ethyl adjacent to an activating group) is 1. The number of carbonyl (C=O) groups excluding carboxylic acids is 1. The summed E-state index contributed by atoms with van der Waals surface area (Å²) < 4.78 is 23.3. The third-order valence-corrected chi connectivity index (χ3v) is 6.47. The van der Waals surface area contributed by atoms with Gasteiger partial charge in [0.15, 0.2) is 11.5 Å². The molecule has 0 unspecified atom stereocenters. The SMILES string of the molecule is COc1ccc(-c2cc(C(=O)N(C)CCc3ccc(OC)c(OC)c3)n(-c3ccc(Cl)cc3)n2)c(OC)c1. The van der Waals surface area contributed by atoms with E-state index in [-0.39, 0.29) is 5.91 Å². The van der Waals surface area contributed by atoms with Gasteiger partial charge in [-0.2, -0.15) is 5.10 Å². The van der Waals surface area contributed by atoms with Gasteiger partial charge in [0.25, 0.3) is 5.91 Å². The van der Waals surface area contributed by atoms with E-state index in [1.807, 2.05) is 42.5 Å². The number of benzene rings is 3. The van der Waals surface area contributed by atoms with Crippen LogP contribution in [0.4, 0.5) is 0 Å². The molecule has 4 rings (SSSR count). The molecule has 3 aromatic carbocycles. The summed E-state index contributed by atoms with van der Waals surface area (Å²) >= 11 is 6.11. The van der Waals surface area contributed by atoms with E-state index in [1.54, 1.807) is 69.3 Å². The molecular weight excluding hydrogens is 506 g/mol. The summed E-state index contributed by atoms with van der Waals surface area (Å²) in [5.74, 6) is 2.39. The molecule has 0 bridgehead atoms. The molecule has 0 aliphatic carbocycles. The number of aromatic nitrogens is 2. The summed E-state index contributed by atoms with van der Waals surface area (Å²) in [5, 5.41) is 5.38. The maximum absolute atomic E-state index is 13.7. The van der Waals surface area contributed by atoms with E-state index in [4.69, 9.17) is 35.6 Å². The van der Waals surface area contributed by atoms with Gasteiger partial charge in [-0.1, -0.05) is 17.7 Å². The zero-order chi connectivity index (χ0) is 27.2. The number of hydrogen-bond acceptors (Lipinski definition) is 6. The average Bonchev–Trinajstić information content (AvgIpc) is 3.40. The van der Waals surface area contributed by atoms with Crippen LogP contribution in [-0.2, 0) is 6.42 Å². The van der Waals surface area contributed by atoms with Crippen LogP contribution in [-0.4, -0.2) is 62.6 Å². The van der Waals surface area contributed by atoms with Crippen molar-refractivity contribution in [3.05, 3.63) is 83.0 Å². The Morgan fingerprint density at radius 1 is 0.842 bits per heavy atom. The van der Waals surface area contributed by atoms with Crippen LogP contribution in [0.2, 0.25) is 5.02 Å². The molecule has 0 aliphatic rings. The van der Waals surface area contributed by atoms with E-state index in [2.05, 4.69) is 0 Å². The van der Waals surface area contributed by atoms with E-state index >= 15 is 0 Å². The molecule has 0 atom stereocenters. The number of ether oxygens (including phenoxy) is 4. The van der Waals surface area contributed by atoms with Gasteiger partial charge in [0.2, 0.25) is 0 Å². The summed E-state index contributed by atoms with van der Waals surface area (Å²) in [7, 11) is 8.16. The quantitative estimate of drug-likeness (QED) is 0.265. The van der Waals surface area contributed by atoms with Gasteiger partial charge in [-0.25, -0.2) is 4.68 Å². The van der Waals surface area contributed by atoms with Crippen LogP contribution in [0.5, 0.6) is 23.0 Å². The van der Waals surface area contributed by atoms with Crippen molar-refractivity contribution in [3.8, 4) is 39.9 Å². The predicted octanol–water partition coefficient (Wildman–Crippen LogP) is 5.54. The lowest BCUT2D eigenvalue weighted by Gasteiger charge is -2.18. The second kappa shape index (κ2) is 11.9. The minimum atomic E-state index is -0.174. The van der Waals surface area contributed by atoms with Crippen LogP contribution in [0.1, 0.15) is 16.1 Å². The Morgan fingerprint density at radius 3 is 2.21 bits per heavy atom. The third kappa shape index (κ3) is 5.70. The Labute approximate surface area is 227 Å². The molecule has 198 valence electrons. The van der Waals surface area contributed by atoms with Gasteiger partial charge in [0.05, 0.1) is 39.8 Å². The van der Waals surface area contributed by atoms with Crippen molar-refractivity contribution in [2.45, 2.75) is 6.42 Å². The first-order valence-electron chi connectivity index (χ1n) is 11.9. The Balaban J connectivity index is 1.66. The summed E-state index contributed by atoms with van der Waals surface area (Å²) in [6.07, 6.45) is 0.636. The molecule has 0 radical (unpaired) electrons. The minimum absolute atomic E-state index is 0.174. The number of hydrogen-bond donors (Lipinski definition) is 0.